The number of hydrogen-bond donors (Lipinski definition) is 1. The molecular weight excluding hydrogens is 250 g/mol. The van der Waals surface area contributed by atoms with E-state index in [0.29, 0.717) is 11.9 Å². The van der Waals surface area contributed by atoms with Gasteiger partial charge in [-0.25, -0.2) is 4.98 Å². The van der Waals surface area contributed by atoms with E-state index < -0.39 is 0 Å². The van der Waals surface area contributed by atoms with Crippen molar-refractivity contribution in [3.05, 3.63) is 35.9 Å². The molecular formula is C16H21N3O. The molecule has 2 N–H and O–H groups in total. The summed E-state index contributed by atoms with van der Waals surface area (Å²) in [5, 5.41) is 1.14. The van der Waals surface area contributed by atoms with Crippen LogP contribution in [-0.2, 0) is 11.3 Å². The number of benzene rings is 1. The zero-order chi connectivity index (χ0) is 14.1. The first-order valence-electron chi connectivity index (χ1n) is 7.11. The van der Waals surface area contributed by atoms with E-state index in [1.165, 1.54) is 0 Å². The van der Waals surface area contributed by atoms with Gasteiger partial charge in [0.05, 0.1) is 11.6 Å². The van der Waals surface area contributed by atoms with Crippen LogP contribution < -0.4 is 5.73 Å². The molecule has 0 bridgehead atoms. The first kappa shape index (κ1) is 13.3. The highest BCUT2D eigenvalue weighted by Crippen LogP contribution is 2.23. The number of nitrogens with zero attached hydrogens (tertiary/aromatic N) is 2. The second kappa shape index (κ2) is 5.38. The second-order valence-corrected chi connectivity index (χ2v) is 5.57. The molecule has 0 radical (unpaired) electrons. The first-order chi connectivity index (χ1) is 9.65. The molecule has 0 saturated carbocycles. The molecule has 0 aliphatic carbocycles. The molecule has 2 heterocycles. The van der Waals surface area contributed by atoms with Gasteiger partial charge in [0, 0.05) is 30.1 Å². The summed E-state index contributed by atoms with van der Waals surface area (Å²) in [6.45, 7) is 3.79. The number of anilines is 1. The van der Waals surface area contributed by atoms with E-state index >= 15 is 0 Å². The molecule has 1 aliphatic rings. The number of aromatic nitrogens is 1. The van der Waals surface area contributed by atoms with Gasteiger partial charge in [-0.3, -0.25) is 4.90 Å². The lowest BCUT2D eigenvalue weighted by Crippen LogP contribution is -2.36. The van der Waals surface area contributed by atoms with E-state index in [1.54, 1.807) is 0 Å². The number of nitrogen functional groups attached to an aromatic ring is 1. The topological polar surface area (TPSA) is 51.4 Å². The predicted molar refractivity (Wildman–Crippen MR) is 81.4 cm³/mol. The fraction of sp³-hybridized carbons (Fsp3) is 0.438. The van der Waals surface area contributed by atoms with Crippen LogP contribution in [0.3, 0.4) is 0 Å². The van der Waals surface area contributed by atoms with Crippen LogP contribution in [0.15, 0.2) is 30.3 Å². The molecule has 4 heteroatoms. The van der Waals surface area contributed by atoms with Crippen LogP contribution in [0.5, 0.6) is 0 Å². The van der Waals surface area contributed by atoms with Gasteiger partial charge in [0.1, 0.15) is 5.82 Å². The lowest BCUT2D eigenvalue weighted by Gasteiger charge is -2.27. The van der Waals surface area contributed by atoms with E-state index in [4.69, 9.17) is 10.5 Å². The van der Waals surface area contributed by atoms with Crippen molar-refractivity contribution in [3.63, 3.8) is 0 Å². The minimum absolute atomic E-state index is 0.287. The number of ether oxygens (including phenoxy) is 1. The molecule has 1 aromatic carbocycles. The van der Waals surface area contributed by atoms with Crippen molar-refractivity contribution in [1.82, 2.24) is 9.88 Å². The quantitative estimate of drug-likeness (QED) is 0.931. The molecule has 2 aromatic rings. The number of fused-ring (bicyclic) bond motifs is 1. The highest BCUT2D eigenvalue weighted by molar-refractivity contribution is 5.81. The number of nitrogens with two attached hydrogens (primary N) is 1. The Morgan fingerprint density at radius 3 is 2.95 bits per heavy atom. The Morgan fingerprint density at radius 2 is 2.20 bits per heavy atom. The van der Waals surface area contributed by atoms with E-state index in [0.717, 1.165) is 36.0 Å². The number of pyridine rings is 1. The SMILES string of the molecule is CC1OCCC1N(C)Cc1cc2ccccc2nc1N. The minimum atomic E-state index is 0.287. The number of para-hydroxylation sites is 1. The smallest absolute Gasteiger partial charge is 0.128 e. The Balaban J connectivity index is 1.84. The zero-order valence-corrected chi connectivity index (χ0v) is 12.0. The molecule has 20 heavy (non-hydrogen) atoms. The summed E-state index contributed by atoms with van der Waals surface area (Å²) in [4.78, 5) is 6.81. The van der Waals surface area contributed by atoms with Gasteiger partial charge in [-0.1, -0.05) is 18.2 Å². The molecule has 106 valence electrons. The average Bonchev–Trinajstić information content (AvgIpc) is 2.86. The van der Waals surface area contributed by atoms with Crippen LogP contribution in [0.25, 0.3) is 10.9 Å². The normalized spacial score (nSPS) is 22.8. The second-order valence-electron chi connectivity index (χ2n) is 5.57. The zero-order valence-electron chi connectivity index (χ0n) is 12.0. The van der Waals surface area contributed by atoms with E-state index in [-0.39, 0.29) is 6.10 Å². The molecule has 1 aromatic heterocycles. The highest BCUT2D eigenvalue weighted by atomic mass is 16.5. The molecule has 3 rings (SSSR count). The third-order valence-corrected chi connectivity index (χ3v) is 4.16. The maximum absolute atomic E-state index is 6.10. The van der Waals surface area contributed by atoms with E-state index in [2.05, 4.69) is 36.0 Å². The average molecular weight is 271 g/mol. The maximum Gasteiger partial charge on any atom is 0.128 e. The Hall–Kier alpha value is -1.65. The summed E-state index contributed by atoms with van der Waals surface area (Å²) in [5.74, 6) is 0.627. The fourth-order valence-corrected chi connectivity index (χ4v) is 2.99. The summed E-state index contributed by atoms with van der Waals surface area (Å²) in [6.07, 6.45) is 1.37. The molecule has 1 aliphatic heterocycles. The van der Waals surface area contributed by atoms with Crippen LogP contribution >= 0.6 is 0 Å². The van der Waals surface area contributed by atoms with E-state index in [9.17, 15) is 0 Å². The van der Waals surface area contributed by atoms with Crippen molar-refractivity contribution in [1.29, 1.82) is 0 Å². The number of hydrogen-bond acceptors (Lipinski definition) is 4. The highest BCUT2D eigenvalue weighted by Gasteiger charge is 2.28. The Morgan fingerprint density at radius 1 is 1.40 bits per heavy atom. The maximum atomic E-state index is 6.10. The van der Waals surface area contributed by atoms with Crippen molar-refractivity contribution in [3.8, 4) is 0 Å². The van der Waals surface area contributed by atoms with Crippen LogP contribution in [0.1, 0.15) is 18.9 Å². The van der Waals surface area contributed by atoms with Gasteiger partial charge in [-0.2, -0.15) is 0 Å². The number of likely N-dealkylation sites (N-methyl/N-ethyl adjacent to an activating group) is 1. The molecule has 1 saturated heterocycles. The van der Waals surface area contributed by atoms with Gasteiger partial charge >= 0.3 is 0 Å². The Bertz CT molecular complexity index is 614. The predicted octanol–water partition coefficient (Wildman–Crippen LogP) is 2.43. The van der Waals surface area contributed by atoms with Crippen molar-refractivity contribution in [2.75, 3.05) is 19.4 Å². The molecule has 4 nitrogen and oxygen atoms in total. The van der Waals surface area contributed by atoms with Crippen molar-refractivity contribution >= 4 is 16.7 Å². The summed E-state index contributed by atoms with van der Waals surface area (Å²) in [7, 11) is 2.13. The monoisotopic (exact) mass is 271 g/mol. The molecule has 2 unspecified atom stereocenters. The van der Waals surface area contributed by atoms with Gasteiger partial charge in [-0.15, -0.1) is 0 Å². The van der Waals surface area contributed by atoms with Gasteiger partial charge in [0.2, 0.25) is 0 Å². The summed E-state index contributed by atoms with van der Waals surface area (Å²) in [5.41, 5.74) is 8.14. The molecule has 0 amide bonds. The Kier molecular flexibility index (Phi) is 3.59. The van der Waals surface area contributed by atoms with Gasteiger partial charge in [0.15, 0.2) is 0 Å². The van der Waals surface area contributed by atoms with Gasteiger partial charge < -0.3 is 10.5 Å². The summed E-state index contributed by atoms with van der Waals surface area (Å²) in [6, 6.07) is 10.7. The summed E-state index contributed by atoms with van der Waals surface area (Å²) < 4.78 is 5.64. The molecule has 1 fully saturated rings. The van der Waals surface area contributed by atoms with Crippen LogP contribution in [0.4, 0.5) is 5.82 Å². The lowest BCUT2D eigenvalue weighted by molar-refractivity contribution is 0.0815. The third-order valence-electron chi connectivity index (χ3n) is 4.16. The van der Waals surface area contributed by atoms with Gasteiger partial charge in [-0.05, 0) is 32.5 Å². The van der Waals surface area contributed by atoms with Crippen LogP contribution in [-0.4, -0.2) is 35.7 Å². The molecule has 2 atom stereocenters. The fourth-order valence-electron chi connectivity index (χ4n) is 2.99. The first-order valence-corrected chi connectivity index (χ1v) is 7.11. The van der Waals surface area contributed by atoms with Crippen LogP contribution in [0, 0.1) is 0 Å². The standard InChI is InChI=1S/C16H21N3O/c1-11-15(7-8-20-11)19(2)10-13-9-12-5-3-4-6-14(12)18-16(13)17/h3-6,9,11,15H,7-8,10H2,1-2H3,(H2,17,18). The largest absolute Gasteiger partial charge is 0.383 e. The van der Waals surface area contributed by atoms with E-state index in [1.807, 2.05) is 18.2 Å². The number of rotatable bonds is 3. The van der Waals surface area contributed by atoms with Crippen molar-refractivity contribution in [2.45, 2.75) is 32.0 Å². The van der Waals surface area contributed by atoms with Gasteiger partial charge in [0.25, 0.3) is 0 Å². The minimum Gasteiger partial charge on any atom is -0.383 e. The van der Waals surface area contributed by atoms with Crippen LogP contribution in [0.2, 0.25) is 0 Å². The Labute approximate surface area is 119 Å². The lowest BCUT2D eigenvalue weighted by atomic mass is 10.1. The van der Waals surface area contributed by atoms with Crippen molar-refractivity contribution in [2.24, 2.45) is 0 Å². The summed E-state index contributed by atoms with van der Waals surface area (Å²) >= 11 is 0. The molecule has 0 spiro atoms. The van der Waals surface area contributed by atoms with Crippen molar-refractivity contribution < 1.29 is 4.74 Å². The third kappa shape index (κ3) is 2.49.